The lowest BCUT2D eigenvalue weighted by Crippen LogP contribution is -2.16. The molecule has 0 amide bonds. The fraction of sp³-hybridized carbons (Fsp3) is 0.450. The molecule has 7 heteroatoms. The van der Waals surface area contributed by atoms with Crippen molar-refractivity contribution in [3.63, 3.8) is 0 Å². The molecule has 1 atom stereocenters. The van der Waals surface area contributed by atoms with E-state index in [0.29, 0.717) is 17.2 Å². The smallest absolute Gasteiger partial charge is 0.337 e. The van der Waals surface area contributed by atoms with E-state index in [1.165, 1.54) is 26.4 Å². The zero-order valence-electron chi connectivity index (χ0n) is 15.5. The maximum Gasteiger partial charge on any atom is 0.337 e. The third-order valence-electron chi connectivity index (χ3n) is 5.32. The highest BCUT2D eigenvalue weighted by Crippen LogP contribution is 2.45. The number of ether oxygens (including phenoxy) is 1. The summed E-state index contributed by atoms with van der Waals surface area (Å²) < 4.78 is 6.76. The SMILES string of the molecule is COC(=O)c1ccc(C2SC(C)=Nc3c2c(=O)[nH]n3C2CCCCC2)cc1. The lowest BCUT2D eigenvalue weighted by Gasteiger charge is -2.26. The first kappa shape index (κ1) is 18.1. The number of rotatable bonds is 3. The van der Waals surface area contributed by atoms with Crippen molar-refractivity contribution in [3.8, 4) is 0 Å². The van der Waals surface area contributed by atoms with Crippen molar-refractivity contribution in [2.24, 2.45) is 4.99 Å². The lowest BCUT2D eigenvalue weighted by molar-refractivity contribution is 0.0600. The number of thioether (sulfide) groups is 1. The van der Waals surface area contributed by atoms with Crippen molar-refractivity contribution in [2.75, 3.05) is 7.11 Å². The number of carbonyl (C=O) groups excluding carboxylic acids is 1. The number of fused-ring (bicyclic) bond motifs is 1. The van der Waals surface area contributed by atoms with Crippen LogP contribution in [-0.4, -0.2) is 27.9 Å². The zero-order valence-corrected chi connectivity index (χ0v) is 16.3. The molecular weight excluding hydrogens is 362 g/mol. The van der Waals surface area contributed by atoms with Gasteiger partial charge in [0.1, 0.15) is 0 Å². The Morgan fingerprint density at radius 3 is 2.59 bits per heavy atom. The molecule has 1 unspecified atom stereocenters. The molecule has 0 bridgehead atoms. The molecule has 1 saturated carbocycles. The summed E-state index contributed by atoms with van der Waals surface area (Å²) in [6.07, 6.45) is 5.80. The summed E-state index contributed by atoms with van der Waals surface area (Å²) >= 11 is 1.58. The van der Waals surface area contributed by atoms with Crippen LogP contribution in [0.2, 0.25) is 0 Å². The van der Waals surface area contributed by atoms with Crippen LogP contribution in [-0.2, 0) is 4.74 Å². The Labute approximate surface area is 162 Å². The maximum absolute atomic E-state index is 12.8. The minimum atomic E-state index is -0.363. The van der Waals surface area contributed by atoms with Crippen molar-refractivity contribution >= 4 is 28.6 Å². The van der Waals surface area contributed by atoms with Crippen LogP contribution in [0.25, 0.3) is 0 Å². The largest absolute Gasteiger partial charge is 0.465 e. The van der Waals surface area contributed by atoms with Gasteiger partial charge in [0, 0.05) is 0 Å². The Morgan fingerprint density at radius 1 is 1.22 bits per heavy atom. The zero-order chi connectivity index (χ0) is 19.0. The third kappa shape index (κ3) is 3.36. The molecule has 1 aromatic heterocycles. The predicted octanol–water partition coefficient (Wildman–Crippen LogP) is 4.35. The summed E-state index contributed by atoms with van der Waals surface area (Å²) in [6.45, 7) is 1.98. The summed E-state index contributed by atoms with van der Waals surface area (Å²) in [5, 5.41) is 3.86. The molecule has 2 heterocycles. The molecule has 27 heavy (non-hydrogen) atoms. The highest BCUT2D eigenvalue weighted by molar-refractivity contribution is 8.14. The van der Waals surface area contributed by atoms with E-state index in [9.17, 15) is 9.59 Å². The van der Waals surface area contributed by atoms with Crippen LogP contribution in [0.15, 0.2) is 34.1 Å². The molecule has 2 aliphatic rings. The first-order valence-electron chi connectivity index (χ1n) is 9.33. The van der Waals surface area contributed by atoms with Gasteiger partial charge in [0.15, 0.2) is 5.82 Å². The predicted molar refractivity (Wildman–Crippen MR) is 107 cm³/mol. The van der Waals surface area contributed by atoms with Crippen molar-refractivity contribution in [1.82, 2.24) is 9.78 Å². The highest BCUT2D eigenvalue weighted by atomic mass is 32.2. The molecule has 0 saturated heterocycles. The van der Waals surface area contributed by atoms with Crippen molar-refractivity contribution in [2.45, 2.75) is 50.3 Å². The molecule has 6 nitrogen and oxygen atoms in total. The fourth-order valence-electron chi connectivity index (χ4n) is 3.96. The van der Waals surface area contributed by atoms with Crippen molar-refractivity contribution in [1.29, 1.82) is 0 Å². The molecule has 1 aromatic carbocycles. The van der Waals surface area contributed by atoms with Gasteiger partial charge in [0.05, 0.1) is 34.6 Å². The van der Waals surface area contributed by atoms with Crippen LogP contribution in [0.3, 0.4) is 0 Å². The molecule has 0 radical (unpaired) electrons. The second-order valence-corrected chi connectivity index (χ2v) is 8.38. The standard InChI is InChI=1S/C20H23N3O3S/c1-12-21-18-16(19(24)22-23(18)15-6-4-3-5-7-15)17(27-12)13-8-10-14(11-9-13)20(25)26-2/h8-11,15,17H,3-7H2,1-2H3,(H,22,24). The summed E-state index contributed by atoms with van der Waals surface area (Å²) in [4.78, 5) is 29.2. The number of H-pyrrole nitrogens is 1. The van der Waals surface area contributed by atoms with Crippen molar-refractivity contribution in [3.05, 3.63) is 51.3 Å². The van der Waals surface area contributed by atoms with Gasteiger partial charge in [-0.25, -0.2) is 9.79 Å². The average Bonchev–Trinajstić information content (AvgIpc) is 3.04. The monoisotopic (exact) mass is 385 g/mol. The first-order chi connectivity index (χ1) is 13.1. The molecule has 4 rings (SSSR count). The topological polar surface area (TPSA) is 76.4 Å². The van der Waals surface area contributed by atoms with E-state index in [4.69, 9.17) is 9.73 Å². The number of aliphatic imine (C=N–C) groups is 1. The number of benzene rings is 1. The van der Waals surface area contributed by atoms with Gasteiger partial charge in [-0.1, -0.05) is 43.2 Å². The van der Waals surface area contributed by atoms with E-state index in [0.717, 1.165) is 29.3 Å². The van der Waals surface area contributed by atoms with Gasteiger partial charge in [-0.3, -0.25) is 14.6 Å². The van der Waals surface area contributed by atoms with Crippen LogP contribution in [0.4, 0.5) is 5.82 Å². The quantitative estimate of drug-likeness (QED) is 0.797. The van der Waals surface area contributed by atoms with Gasteiger partial charge in [-0.05, 0) is 37.5 Å². The van der Waals surface area contributed by atoms with Crippen LogP contribution >= 0.6 is 11.8 Å². The van der Waals surface area contributed by atoms with Crippen LogP contribution < -0.4 is 5.56 Å². The average molecular weight is 385 g/mol. The van der Waals surface area contributed by atoms with Crippen molar-refractivity contribution < 1.29 is 9.53 Å². The van der Waals surface area contributed by atoms with Gasteiger partial charge in [-0.2, -0.15) is 0 Å². The molecule has 1 aliphatic heterocycles. The summed E-state index contributed by atoms with van der Waals surface area (Å²) in [6, 6.07) is 7.59. The molecular formula is C20H23N3O3S. The second kappa shape index (κ2) is 7.38. The number of methoxy groups -OCH3 is 1. The van der Waals surface area contributed by atoms with Crippen LogP contribution in [0.5, 0.6) is 0 Å². The maximum atomic E-state index is 12.8. The second-order valence-electron chi connectivity index (χ2n) is 7.08. The number of hydrogen-bond acceptors (Lipinski definition) is 5. The lowest BCUT2D eigenvalue weighted by atomic mass is 9.95. The van der Waals surface area contributed by atoms with Gasteiger partial charge < -0.3 is 4.74 Å². The molecule has 1 aliphatic carbocycles. The fourth-order valence-corrected chi connectivity index (χ4v) is 5.06. The van der Waals surface area contributed by atoms with E-state index in [-0.39, 0.29) is 16.8 Å². The molecule has 142 valence electrons. The van der Waals surface area contributed by atoms with Gasteiger partial charge in [0.25, 0.3) is 5.56 Å². The summed E-state index contributed by atoms with van der Waals surface area (Å²) in [5.41, 5.74) is 2.12. The Kier molecular flexibility index (Phi) is 4.95. The molecule has 2 aromatic rings. The third-order valence-corrected chi connectivity index (χ3v) is 6.50. The Hall–Kier alpha value is -2.28. The number of esters is 1. The first-order valence-corrected chi connectivity index (χ1v) is 10.2. The number of aromatic nitrogens is 2. The van der Waals surface area contributed by atoms with Gasteiger partial charge in [0.2, 0.25) is 0 Å². The van der Waals surface area contributed by atoms with E-state index in [1.807, 2.05) is 23.7 Å². The molecule has 1 fully saturated rings. The van der Waals surface area contributed by atoms with Crippen LogP contribution in [0.1, 0.15) is 71.8 Å². The normalized spacial score (nSPS) is 20.1. The van der Waals surface area contributed by atoms with E-state index >= 15 is 0 Å². The van der Waals surface area contributed by atoms with Crippen LogP contribution in [0, 0.1) is 0 Å². The summed E-state index contributed by atoms with van der Waals surface area (Å²) in [5.74, 6) is 0.405. The minimum Gasteiger partial charge on any atom is -0.465 e. The number of nitrogens with zero attached hydrogens (tertiary/aromatic N) is 2. The van der Waals surface area contributed by atoms with E-state index in [2.05, 4.69) is 5.10 Å². The molecule has 0 spiro atoms. The number of aromatic amines is 1. The number of nitrogens with one attached hydrogen (secondary N) is 1. The van der Waals surface area contributed by atoms with E-state index in [1.54, 1.807) is 23.9 Å². The van der Waals surface area contributed by atoms with Gasteiger partial charge in [-0.15, -0.1) is 0 Å². The minimum absolute atomic E-state index is 0.0682. The Balaban J connectivity index is 1.73. The van der Waals surface area contributed by atoms with E-state index < -0.39 is 0 Å². The highest BCUT2D eigenvalue weighted by Gasteiger charge is 2.32. The Morgan fingerprint density at radius 2 is 1.93 bits per heavy atom. The molecule has 1 N–H and O–H groups in total. The Bertz CT molecular complexity index is 936. The number of carbonyl (C=O) groups is 1. The number of hydrogen-bond donors (Lipinski definition) is 1. The summed E-state index contributed by atoms with van der Waals surface area (Å²) in [7, 11) is 1.37. The van der Waals surface area contributed by atoms with Gasteiger partial charge >= 0.3 is 5.97 Å².